The molecular weight excluding hydrogens is 489 g/mol. The lowest BCUT2D eigenvalue weighted by molar-refractivity contribution is -0.173. The fourth-order valence-electron chi connectivity index (χ4n) is 3.76. The maximum Gasteiger partial charge on any atom is 0.410 e. The van der Waals surface area contributed by atoms with Gasteiger partial charge in [-0.05, 0) is 44.7 Å². The minimum absolute atomic E-state index is 0.107. The molecule has 0 radical (unpaired) electrons. The van der Waals surface area contributed by atoms with Crippen molar-refractivity contribution in [1.82, 2.24) is 9.78 Å². The number of carbonyl (C=O) groups is 2. The predicted molar refractivity (Wildman–Crippen MR) is 125 cm³/mol. The minimum Gasteiger partial charge on any atom is -0.459 e. The van der Waals surface area contributed by atoms with Gasteiger partial charge in [0, 0.05) is 22.2 Å². The van der Waals surface area contributed by atoms with Crippen LogP contribution in [0.1, 0.15) is 68.5 Å². The summed E-state index contributed by atoms with van der Waals surface area (Å²) in [5, 5.41) is 11.8. The SMILES string of the molecule is Cc1sc(NC(=O)c2cc3n(n2)[C@@H](C(F)(F)F)C[C@@H](c2cccs2)N3)c(C(=O)OC(C)C)c1C. The van der Waals surface area contributed by atoms with Gasteiger partial charge in [0.25, 0.3) is 5.91 Å². The number of halogens is 3. The number of amides is 1. The Balaban J connectivity index is 1.64. The first-order valence-corrected chi connectivity index (χ1v) is 12.2. The smallest absolute Gasteiger partial charge is 0.410 e. The molecule has 3 aromatic rings. The van der Waals surface area contributed by atoms with E-state index in [1.54, 1.807) is 45.2 Å². The molecular formula is C22H23F3N4O3S2. The van der Waals surface area contributed by atoms with E-state index in [2.05, 4.69) is 15.7 Å². The van der Waals surface area contributed by atoms with E-state index in [1.165, 1.54) is 28.7 Å². The number of aryl methyl sites for hydroxylation is 1. The summed E-state index contributed by atoms with van der Waals surface area (Å²) in [5.74, 6) is -1.18. The van der Waals surface area contributed by atoms with Crippen LogP contribution >= 0.6 is 22.7 Å². The van der Waals surface area contributed by atoms with Crippen molar-refractivity contribution in [2.75, 3.05) is 10.6 Å². The van der Waals surface area contributed by atoms with Gasteiger partial charge in [0.2, 0.25) is 0 Å². The van der Waals surface area contributed by atoms with Crippen LogP contribution in [0.3, 0.4) is 0 Å². The molecule has 1 amide bonds. The number of alkyl halides is 3. The third-order valence-corrected chi connectivity index (χ3v) is 7.58. The lowest BCUT2D eigenvalue weighted by atomic mass is 10.0. The van der Waals surface area contributed by atoms with Crippen LogP contribution in [0.15, 0.2) is 23.6 Å². The van der Waals surface area contributed by atoms with Crippen LogP contribution in [0.5, 0.6) is 0 Å². The molecule has 3 aromatic heterocycles. The number of thiophene rings is 2. The molecule has 0 unspecified atom stereocenters. The number of rotatable bonds is 5. The van der Waals surface area contributed by atoms with Crippen molar-refractivity contribution in [2.24, 2.45) is 0 Å². The monoisotopic (exact) mass is 512 g/mol. The van der Waals surface area contributed by atoms with Crippen LogP contribution in [-0.4, -0.2) is 33.9 Å². The number of aromatic nitrogens is 2. The summed E-state index contributed by atoms with van der Waals surface area (Å²) in [5.41, 5.74) is 0.723. The van der Waals surface area contributed by atoms with E-state index >= 15 is 0 Å². The summed E-state index contributed by atoms with van der Waals surface area (Å²) in [4.78, 5) is 27.1. The topological polar surface area (TPSA) is 85.3 Å². The van der Waals surface area contributed by atoms with Crippen molar-refractivity contribution in [1.29, 1.82) is 0 Å². The summed E-state index contributed by atoms with van der Waals surface area (Å²) < 4.78 is 47.7. The lowest BCUT2D eigenvalue weighted by Crippen LogP contribution is -2.35. The molecule has 0 spiro atoms. The Labute approximate surface area is 201 Å². The normalized spacial score (nSPS) is 17.9. The zero-order valence-electron chi connectivity index (χ0n) is 18.8. The van der Waals surface area contributed by atoms with Crippen LogP contribution in [-0.2, 0) is 4.74 Å². The molecule has 0 saturated carbocycles. The molecule has 0 fully saturated rings. The molecule has 1 aliphatic heterocycles. The number of anilines is 2. The lowest BCUT2D eigenvalue weighted by Gasteiger charge is -2.32. The highest BCUT2D eigenvalue weighted by molar-refractivity contribution is 7.16. The van der Waals surface area contributed by atoms with E-state index in [0.29, 0.717) is 5.56 Å². The maximum atomic E-state index is 13.8. The van der Waals surface area contributed by atoms with Gasteiger partial charge in [-0.25, -0.2) is 9.48 Å². The van der Waals surface area contributed by atoms with Gasteiger partial charge in [-0.15, -0.1) is 22.7 Å². The number of nitrogens with one attached hydrogen (secondary N) is 2. The largest absolute Gasteiger partial charge is 0.459 e. The number of fused-ring (bicyclic) bond motifs is 1. The zero-order chi connectivity index (χ0) is 24.8. The highest BCUT2D eigenvalue weighted by Gasteiger charge is 2.47. The summed E-state index contributed by atoms with van der Waals surface area (Å²) >= 11 is 2.56. The van der Waals surface area contributed by atoms with Gasteiger partial charge < -0.3 is 15.4 Å². The molecule has 7 nitrogen and oxygen atoms in total. The molecule has 4 rings (SSSR count). The Morgan fingerprint density at radius 3 is 2.68 bits per heavy atom. The van der Waals surface area contributed by atoms with Gasteiger partial charge in [0.1, 0.15) is 10.8 Å². The number of hydrogen-bond donors (Lipinski definition) is 2. The third kappa shape index (κ3) is 4.69. The zero-order valence-corrected chi connectivity index (χ0v) is 20.5. The Bertz CT molecular complexity index is 1220. The van der Waals surface area contributed by atoms with Crippen LogP contribution in [0.4, 0.5) is 24.0 Å². The van der Waals surface area contributed by atoms with E-state index in [9.17, 15) is 22.8 Å². The van der Waals surface area contributed by atoms with Crippen molar-refractivity contribution in [3.05, 3.63) is 50.2 Å². The fraction of sp³-hybridized carbons (Fsp3) is 0.409. The molecule has 12 heteroatoms. The molecule has 2 N–H and O–H groups in total. The maximum absolute atomic E-state index is 13.8. The van der Waals surface area contributed by atoms with Gasteiger partial charge in [-0.1, -0.05) is 6.07 Å². The molecule has 0 bridgehead atoms. The number of ether oxygens (including phenoxy) is 1. The van der Waals surface area contributed by atoms with E-state index < -0.39 is 30.1 Å². The van der Waals surface area contributed by atoms with Gasteiger partial charge in [0.05, 0.1) is 17.7 Å². The Morgan fingerprint density at radius 1 is 1.32 bits per heavy atom. The van der Waals surface area contributed by atoms with Crippen LogP contribution < -0.4 is 10.6 Å². The second-order valence-corrected chi connectivity index (χ2v) is 10.5. The van der Waals surface area contributed by atoms with Crippen LogP contribution in [0.2, 0.25) is 0 Å². The Hall–Kier alpha value is -2.86. The predicted octanol–water partition coefficient (Wildman–Crippen LogP) is 6.10. The van der Waals surface area contributed by atoms with Crippen molar-refractivity contribution in [3.63, 3.8) is 0 Å². The van der Waals surface area contributed by atoms with Crippen LogP contribution in [0, 0.1) is 13.8 Å². The molecule has 34 heavy (non-hydrogen) atoms. The van der Waals surface area contributed by atoms with E-state index in [1.807, 2.05) is 0 Å². The molecule has 0 saturated heterocycles. The molecule has 0 aliphatic carbocycles. The van der Waals surface area contributed by atoms with E-state index in [4.69, 9.17) is 4.74 Å². The molecule has 0 aromatic carbocycles. The Morgan fingerprint density at radius 2 is 2.06 bits per heavy atom. The van der Waals surface area contributed by atoms with Gasteiger partial charge in [-0.3, -0.25) is 4.79 Å². The molecule has 1 aliphatic rings. The summed E-state index contributed by atoms with van der Waals surface area (Å²) in [6.45, 7) is 6.98. The number of carbonyl (C=O) groups excluding carboxylic acids is 2. The minimum atomic E-state index is -4.54. The average Bonchev–Trinajstić information content (AvgIpc) is 3.45. The first-order chi connectivity index (χ1) is 16.0. The van der Waals surface area contributed by atoms with E-state index in [0.717, 1.165) is 14.4 Å². The van der Waals surface area contributed by atoms with E-state index in [-0.39, 0.29) is 34.6 Å². The van der Waals surface area contributed by atoms with Crippen molar-refractivity contribution in [3.8, 4) is 0 Å². The number of esters is 1. The van der Waals surface area contributed by atoms with Crippen LogP contribution in [0.25, 0.3) is 0 Å². The number of nitrogens with zero attached hydrogens (tertiary/aromatic N) is 2. The second-order valence-electron chi connectivity index (χ2n) is 8.26. The molecule has 182 valence electrons. The molecule has 4 heterocycles. The van der Waals surface area contributed by atoms with Crippen molar-refractivity contribution in [2.45, 2.75) is 58.5 Å². The van der Waals surface area contributed by atoms with Crippen molar-refractivity contribution < 1.29 is 27.5 Å². The first kappa shape index (κ1) is 24.3. The summed E-state index contributed by atoms with van der Waals surface area (Å²) in [6, 6.07) is 2.43. The highest BCUT2D eigenvalue weighted by Crippen LogP contribution is 2.44. The quantitative estimate of drug-likeness (QED) is 0.404. The first-order valence-electron chi connectivity index (χ1n) is 10.5. The summed E-state index contributed by atoms with van der Waals surface area (Å²) in [6.07, 6.45) is -5.13. The fourth-order valence-corrected chi connectivity index (χ4v) is 5.60. The summed E-state index contributed by atoms with van der Waals surface area (Å²) in [7, 11) is 0. The van der Waals surface area contributed by atoms with Gasteiger partial charge in [-0.2, -0.15) is 18.3 Å². The number of hydrogen-bond acceptors (Lipinski definition) is 7. The average molecular weight is 513 g/mol. The standard InChI is InChI=1S/C22H23F3N4O3S2/c1-10(2)32-21(31)18-11(3)12(4)34-20(18)27-19(30)14-9-17-26-13(15-6-5-7-33-15)8-16(22(23,24)25)29(17)28-14/h5-7,9-10,13,16,26H,8H2,1-4H3,(H,27,30)/t13-,16+/m0/s1. The molecule has 2 atom stereocenters. The Kier molecular flexibility index (Phi) is 6.47. The van der Waals surface area contributed by atoms with Gasteiger partial charge in [0.15, 0.2) is 11.7 Å². The van der Waals surface area contributed by atoms with Crippen molar-refractivity contribution >= 4 is 45.4 Å². The van der Waals surface area contributed by atoms with Gasteiger partial charge >= 0.3 is 12.1 Å². The highest BCUT2D eigenvalue weighted by atomic mass is 32.1. The third-order valence-electron chi connectivity index (χ3n) is 5.47. The second kappa shape index (κ2) is 9.06.